The van der Waals surface area contributed by atoms with Gasteiger partial charge in [-0.25, -0.2) is 3.11 Å². The molecule has 60 valence electrons. The normalized spacial score (nSPS) is 29.4. The Morgan fingerprint density at radius 1 is 1.50 bits per heavy atom. The van der Waals surface area contributed by atoms with E-state index in [2.05, 4.69) is 39.8 Å². The molecule has 0 aromatic carbocycles. The Morgan fingerprint density at radius 3 is 2.60 bits per heavy atom. The standard InChI is InChI=1S/C8H16IN/c1-7(2)8-4-3-5-10(9)6-8/h7-8H,3-6H2,1-2H3. The second-order valence-corrected chi connectivity index (χ2v) is 4.88. The SMILES string of the molecule is CC(C)C1CCCN(I)C1. The highest BCUT2D eigenvalue weighted by atomic mass is 127. The summed E-state index contributed by atoms with van der Waals surface area (Å²) >= 11 is 2.44. The monoisotopic (exact) mass is 253 g/mol. The summed E-state index contributed by atoms with van der Waals surface area (Å²) in [7, 11) is 0. The van der Waals surface area contributed by atoms with Crippen LogP contribution < -0.4 is 0 Å². The molecule has 10 heavy (non-hydrogen) atoms. The smallest absolute Gasteiger partial charge is 0.0201 e. The molecule has 0 aromatic rings. The van der Waals surface area contributed by atoms with E-state index in [4.69, 9.17) is 0 Å². The summed E-state index contributed by atoms with van der Waals surface area (Å²) < 4.78 is 2.42. The quantitative estimate of drug-likeness (QED) is 0.513. The Labute approximate surface area is 77.7 Å². The van der Waals surface area contributed by atoms with Gasteiger partial charge in [-0.1, -0.05) is 13.8 Å². The van der Waals surface area contributed by atoms with Crippen molar-refractivity contribution >= 4 is 22.9 Å². The largest absolute Gasteiger partial charge is 0.247 e. The number of halogens is 1. The van der Waals surface area contributed by atoms with Crippen LogP contribution in [0.5, 0.6) is 0 Å². The third kappa shape index (κ3) is 2.38. The maximum atomic E-state index is 2.44. The molecular formula is C8H16IN. The zero-order valence-corrected chi connectivity index (χ0v) is 8.97. The van der Waals surface area contributed by atoms with Crippen LogP contribution in [0.25, 0.3) is 0 Å². The summed E-state index contributed by atoms with van der Waals surface area (Å²) in [4.78, 5) is 0. The van der Waals surface area contributed by atoms with Gasteiger partial charge in [-0.3, -0.25) is 0 Å². The third-order valence-electron chi connectivity index (χ3n) is 2.35. The number of hydrogen-bond donors (Lipinski definition) is 0. The minimum atomic E-state index is 0.873. The second-order valence-electron chi connectivity index (χ2n) is 3.52. The zero-order chi connectivity index (χ0) is 7.56. The molecule has 0 amide bonds. The van der Waals surface area contributed by atoms with Gasteiger partial charge in [-0.2, -0.15) is 0 Å². The van der Waals surface area contributed by atoms with Crippen LogP contribution in [0.2, 0.25) is 0 Å². The predicted octanol–water partition coefficient (Wildman–Crippen LogP) is 2.70. The molecule has 2 heteroatoms. The molecule has 1 saturated heterocycles. The van der Waals surface area contributed by atoms with E-state index >= 15 is 0 Å². The van der Waals surface area contributed by atoms with Crippen molar-refractivity contribution < 1.29 is 0 Å². The van der Waals surface area contributed by atoms with Gasteiger partial charge < -0.3 is 0 Å². The Bertz CT molecular complexity index is 103. The Balaban J connectivity index is 2.32. The Morgan fingerprint density at radius 2 is 2.20 bits per heavy atom. The van der Waals surface area contributed by atoms with Crippen LogP contribution in [0.3, 0.4) is 0 Å². The van der Waals surface area contributed by atoms with Crippen molar-refractivity contribution in [1.82, 2.24) is 3.11 Å². The third-order valence-corrected chi connectivity index (χ3v) is 3.23. The lowest BCUT2D eigenvalue weighted by molar-refractivity contribution is 0.244. The zero-order valence-electron chi connectivity index (χ0n) is 6.81. The molecule has 1 fully saturated rings. The van der Waals surface area contributed by atoms with Crippen LogP contribution in [0.4, 0.5) is 0 Å². The molecule has 1 nitrogen and oxygen atoms in total. The molecule has 1 atom stereocenters. The fourth-order valence-corrected chi connectivity index (χ4v) is 2.35. The number of nitrogens with zero attached hydrogens (tertiary/aromatic N) is 1. The van der Waals surface area contributed by atoms with Gasteiger partial charge in [0.05, 0.1) is 0 Å². The van der Waals surface area contributed by atoms with E-state index in [1.165, 1.54) is 25.9 Å². The maximum Gasteiger partial charge on any atom is 0.0201 e. The van der Waals surface area contributed by atoms with Crippen LogP contribution in [0.15, 0.2) is 0 Å². The minimum Gasteiger partial charge on any atom is -0.247 e. The lowest BCUT2D eigenvalue weighted by Gasteiger charge is -2.30. The highest BCUT2D eigenvalue weighted by molar-refractivity contribution is 14.1. The van der Waals surface area contributed by atoms with Crippen molar-refractivity contribution in [2.45, 2.75) is 26.7 Å². The molecule has 1 aliphatic heterocycles. The van der Waals surface area contributed by atoms with E-state index in [1.807, 2.05) is 0 Å². The Kier molecular flexibility index (Phi) is 3.43. The molecule has 0 spiro atoms. The molecule has 1 unspecified atom stereocenters. The fraction of sp³-hybridized carbons (Fsp3) is 1.00. The number of rotatable bonds is 1. The summed E-state index contributed by atoms with van der Waals surface area (Å²) in [5.74, 6) is 1.82. The first kappa shape index (κ1) is 8.78. The van der Waals surface area contributed by atoms with Gasteiger partial charge in [0, 0.05) is 36.0 Å². The summed E-state index contributed by atoms with van der Waals surface area (Å²) in [6, 6.07) is 0. The van der Waals surface area contributed by atoms with E-state index in [0.29, 0.717) is 0 Å². The number of hydrogen-bond acceptors (Lipinski definition) is 1. The van der Waals surface area contributed by atoms with E-state index in [1.54, 1.807) is 0 Å². The van der Waals surface area contributed by atoms with Gasteiger partial charge in [0.25, 0.3) is 0 Å². The van der Waals surface area contributed by atoms with Crippen molar-refractivity contribution in [3.63, 3.8) is 0 Å². The summed E-state index contributed by atoms with van der Waals surface area (Å²) in [5, 5.41) is 0. The second kappa shape index (κ2) is 3.90. The van der Waals surface area contributed by atoms with Gasteiger partial charge in [0.1, 0.15) is 0 Å². The molecule has 1 rings (SSSR count). The minimum absolute atomic E-state index is 0.873. The van der Waals surface area contributed by atoms with Gasteiger partial charge in [-0.05, 0) is 24.7 Å². The Hall–Kier alpha value is 0.690. The van der Waals surface area contributed by atoms with Gasteiger partial charge in [-0.15, -0.1) is 0 Å². The van der Waals surface area contributed by atoms with Gasteiger partial charge >= 0.3 is 0 Å². The molecule has 1 heterocycles. The number of piperidine rings is 1. The lowest BCUT2D eigenvalue weighted by atomic mass is 9.89. The summed E-state index contributed by atoms with van der Waals surface area (Å²) in [6.07, 6.45) is 2.84. The van der Waals surface area contributed by atoms with E-state index in [0.717, 1.165) is 11.8 Å². The van der Waals surface area contributed by atoms with Gasteiger partial charge in [0.15, 0.2) is 0 Å². The van der Waals surface area contributed by atoms with Crippen molar-refractivity contribution in [1.29, 1.82) is 0 Å². The first-order valence-electron chi connectivity index (χ1n) is 4.11. The topological polar surface area (TPSA) is 3.24 Å². The average molecular weight is 253 g/mol. The van der Waals surface area contributed by atoms with Crippen LogP contribution in [-0.4, -0.2) is 16.2 Å². The average Bonchev–Trinajstić information content (AvgIpc) is 1.88. The molecule has 0 aromatic heterocycles. The van der Waals surface area contributed by atoms with Crippen LogP contribution in [0.1, 0.15) is 26.7 Å². The summed E-state index contributed by atoms with van der Waals surface area (Å²) in [6.45, 7) is 7.27. The molecule has 0 radical (unpaired) electrons. The molecule has 0 saturated carbocycles. The molecular weight excluding hydrogens is 237 g/mol. The predicted molar refractivity (Wildman–Crippen MR) is 53.2 cm³/mol. The highest BCUT2D eigenvalue weighted by Crippen LogP contribution is 2.24. The molecule has 0 bridgehead atoms. The van der Waals surface area contributed by atoms with Crippen molar-refractivity contribution in [2.24, 2.45) is 11.8 Å². The first-order valence-corrected chi connectivity index (χ1v) is 5.07. The van der Waals surface area contributed by atoms with Crippen molar-refractivity contribution in [2.75, 3.05) is 13.1 Å². The van der Waals surface area contributed by atoms with Crippen LogP contribution in [-0.2, 0) is 0 Å². The van der Waals surface area contributed by atoms with Gasteiger partial charge in [0.2, 0.25) is 0 Å². The van der Waals surface area contributed by atoms with Crippen LogP contribution in [0, 0.1) is 11.8 Å². The van der Waals surface area contributed by atoms with E-state index in [9.17, 15) is 0 Å². The highest BCUT2D eigenvalue weighted by Gasteiger charge is 2.20. The van der Waals surface area contributed by atoms with Crippen LogP contribution >= 0.6 is 22.9 Å². The molecule has 0 aliphatic carbocycles. The summed E-state index contributed by atoms with van der Waals surface area (Å²) in [5.41, 5.74) is 0. The molecule has 1 aliphatic rings. The lowest BCUT2D eigenvalue weighted by Crippen LogP contribution is -2.30. The maximum absolute atomic E-state index is 2.44. The fourth-order valence-electron chi connectivity index (χ4n) is 1.51. The van der Waals surface area contributed by atoms with Crippen molar-refractivity contribution in [3.05, 3.63) is 0 Å². The van der Waals surface area contributed by atoms with Crippen molar-refractivity contribution in [3.8, 4) is 0 Å². The van der Waals surface area contributed by atoms with E-state index < -0.39 is 0 Å². The van der Waals surface area contributed by atoms with E-state index in [-0.39, 0.29) is 0 Å². The molecule has 0 N–H and O–H groups in total. The first-order chi connectivity index (χ1) is 4.70.